The minimum Gasteiger partial charge on any atom is -0.263 e. The second-order valence-corrected chi connectivity index (χ2v) is 4.01. The summed E-state index contributed by atoms with van der Waals surface area (Å²) >= 11 is 0. The lowest BCUT2D eigenvalue weighted by Gasteiger charge is -2.10. The number of nitrogens with zero attached hydrogens (tertiary/aromatic N) is 4. The van der Waals surface area contributed by atoms with Gasteiger partial charge in [0.25, 0.3) is 0 Å². The Hall–Kier alpha value is -1.45. The highest BCUT2D eigenvalue weighted by molar-refractivity contribution is 5.23. The third kappa shape index (κ3) is 3.51. The third-order valence-corrected chi connectivity index (χ3v) is 2.77. The molecule has 1 aromatic heterocycles. The van der Waals surface area contributed by atoms with Gasteiger partial charge in [0.15, 0.2) is 5.49 Å². The maximum absolute atomic E-state index is 4.74. The minimum atomic E-state index is 0.361. The van der Waals surface area contributed by atoms with Crippen LogP contribution in [0.15, 0.2) is 22.4 Å². The lowest BCUT2D eigenvalue weighted by Crippen LogP contribution is -2.24. The van der Waals surface area contributed by atoms with Crippen LogP contribution in [0.1, 0.15) is 45.9 Å². The molecule has 17 heavy (non-hydrogen) atoms. The van der Waals surface area contributed by atoms with Crippen LogP contribution in [0.25, 0.3) is 0 Å². The van der Waals surface area contributed by atoms with Gasteiger partial charge in [0.05, 0.1) is 6.04 Å². The van der Waals surface area contributed by atoms with E-state index >= 15 is 0 Å². The quantitative estimate of drug-likeness (QED) is 0.697. The number of hydrogen-bond acceptors (Lipinski definition) is 3. The topological polar surface area (TPSA) is 42.5 Å². The van der Waals surface area contributed by atoms with Gasteiger partial charge in [-0.15, -0.1) is 0 Å². The molecule has 0 aliphatic rings. The van der Waals surface area contributed by atoms with Crippen LogP contribution in [0.2, 0.25) is 0 Å². The van der Waals surface area contributed by atoms with Crippen LogP contribution in [0.4, 0.5) is 0 Å². The first-order chi connectivity index (χ1) is 8.26. The Labute approximate surface area is 103 Å². The highest BCUT2D eigenvalue weighted by atomic mass is 15.4. The lowest BCUT2D eigenvalue weighted by atomic mass is 10.1. The van der Waals surface area contributed by atoms with Crippen molar-refractivity contribution in [3.63, 3.8) is 0 Å². The molecule has 0 aromatic carbocycles. The van der Waals surface area contributed by atoms with E-state index < -0.39 is 0 Å². The maximum atomic E-state index is 4.74. The molecule has 0 amide bonds. The van der Waals surface area contributed by atoms with Gasteiger partial charge in [0.2, 0.25) is 0 Å². The molecule has 0 saturated carbocycles. The molecule has 0 aliphatic carbocycles. The molecule has 0 N–H and O–H groups in total. The van der Waals surface area contributed by atoms with E-state index in [2.05, 4.69) is 37.6 Å². The molecule has 0 spiro atoms. The standard InChI is InChI=1S/C13H22N4/c1-5-8-11(6-2)16-13-9-10-15-12(7-3)17(13)14-4/h9-11H,4-8H2,1-3H3. The van der Waals surface area contributed by atoms with Crippen molar-refractivity contribution in [2.75, 3.05) is 0 Å². The first kappa shape index (κ1) is 13.6. The Balaban J connectivity index is 3.19. The van der Waals surface area contributed by atoms with Crippen molar-refractivity contribution in [1.29, 1.82) is 0 Å². The highest BCUT2D eigenvalue weighted by Crippen LogP contribution is 2.04. The van der Waals surface area contributed by atoms with Crippen molar-refractivity contribution in [2.45, 2.75) is 52.5 Å². The van der Waals surface area contributed by atoms with E-state index in [1.165, 1.54) is 0 Å². The van der Waals surface area contributed by atoms with E-state index in [1.54, 1.807) is 10.9 Å². The van der Waals surface area contributed by atoms with Crippen molar-refractivity contribution < 1.29 is 0 Å². The summed E-state index contributed by atoms with van der Waals surface area (Å²) in [5.74, 6) is 0.896. The fraction of sp³-hybridized carbons (Fsp3) is 0.615. The molecule has 4 heteroatoms. The zero-order chi connectivity index (χ0) is 12.7. The average molecular weight is 234 g/mol. The predicted molar refractivity (Wildman–Crippen MR) is 71.1 cm³/mol. The molecule has 0 aliphatic heterocycles. The van der Waals surface area contributed by atoms with Gasteiger partial charge in [-0.3, -0.25) is 4.99 Å². The maximum Gasteiger partial charge on any atom is 0.152 e. The highest BCUT2D eigenvalue weighted by Gasteiger charge is 2.04. The first-order valence-corrected chi connectivity index (χ1v) is 6.34. The van der Waals surface area contributed by atoms with E-state index in [-0.39, 0.29) is 0 Å². The van der Waals surface area contributed by atoms with Crippen molar-refractivity contribution in [3.05, 3.63) is 23.6 Å². The van der Waals surface area contributed by atoms with Gasteiger partial charge in [0, 0.05) is 25.4 Å². The second kappa shape index (κ2) is 6.99. The monoisotopic (exact) mass is 234 g/mol. The predicted octanol–water partition coefficient (Wildman–Crippen LogP) is 2.39. The largest absolute Gasteiger partial charge is 0.263 e. The number of aryl methyl sites for hydroxylation is 1. The molecule has 0 fully saturated rings. The van der Waals surface area contributed by atoms with Crippen molar-refractivity contribution in [1.82, 2.24) is 9.66 Å². The van der Waals surface area contributed by atoms with Gasteiger partial charge >= 0.3 is 0 Å². The van der Waals surface area contributed by atoms with Crippen molar-refractivity contribution >= 4 is 6.72 Å². The van der Waals surface area contributed by atoms with Gasteiger partial charge in [-0.25, -0.2) is 9.66 Å². The normalized spacial score (nSPS) is 13.7. The molecule has 1 aromatic rings. The van der Waals surface area contributed by atoms with Crippen LogP contribution >= 0.6 is 0 Å². The van der Waals surface area contributed by atoms with E-state index in [4.69, 9.17) is 4.99 Å². The van der Waals surface area contributed by atoms with Crippen molar-refractivity contribution in [2.24, 2.45) is 10.1 Å². The van der Waals surface area contributed by atoms with E-state index in [1.807, 2.05) is 6.07 Å². The van der Waals surface area contributed by atoms with E-state index in [9.17, 15) is 0 Å². The molecule has 1 heterocycles. The molecule has 0 bridgehead atoms. The van der Waals surface area contributed by atoms with Crippen molar-refractivity contribution in [3.8, 4) is 0 Å². The summed E-state index contributed by atoms with van der Waals surface area (Å²) < 4.78 is 1.73. The second-order valence-electron chi connectivity index (χ2n) is 4.01. The summed E-state index contributed by atoms with van der Waals surface area (Å²) in [5, 5.41) is 4.00. The fourth-order valence-corrected chi connectivity index (χ4v) is 1.82. The SMILES string of the molecule is C=Nn1c(CC)nccc1=NC(CC)CCC. The zero-order valence-corrected chi connectivity index (χ0v) is 11.1. The zero-order valence-electron chi connectivity index (χ0n) is 11.1. The molecule has 1 unspecified atom stereocenters. The number of hydrogen-bond donors (Lipinski definition) is 0. The Kier molecular flexibility index (Phi) is 5.60. The average Bonchev–Trinajstić information content (AvgIpc) is 2.37. The summed E-state index contributed by atoms with van der Waals surface area (Å²) in [6.45, 7) is 9.99. The van der Waals surface area contributed by atoms with Crippen LogP contribution in [0, 0.1) is 0 Å². The molecule has 0 saturated heterocycles. The van der Waals surface area contributed by atoms with Gasteiger partial charge in [0.1, 0.15) is 5.82 Å². The third-order valence-electron chi connectivity index (χ3n) is 2.77. The van der Waals surface area contributed by atoms with Crippen LogP contribution in [-0.4, -0.2) is 22.4 Å². The summed E-state index contributed by atoms with van der Waals surface area (Å²) in [5.41, 5.74) is 0.854. The van der Waals surface area contributed by atoms with Crippen LogP contribution in [0.3, 0.4) is 0 Å². The summed E-state index contributed by atoms with van der Waals surface area (Å²) in [6, 6.07) is 2.26. The van der Waals surface area contributed by atoms with Crippen LogP contribution in [-0.2, 0) is 6.42 Å². The van der Waals surface area contributed by atoms with Gasteiger partial charge < -0.3 is 0 Å². The van der Waals surface area contributed by atoms with E-state index in [0.29, 0.717) is 6.04 Å². The van der Waals surface area contributed by atoms with Gasteiger partial charge in [-0.2, -0.15) is 5.10 Å². The van der Waals surface area contributed by atoms with Crippen LogP contribution < -0.4 is 5.49 Å². The molecule has 0 radical (unpaired) electrons. The summed E-state index contributed by atoms with van der Waals surface area (Å²) in [7, 11) is 0. The summed E-state index contributed by atoms with van der Waals surface area (Å²) in [6.07, 6.45) is 5.92. The smallest absolute Gasteiger partial charge is 0.152 e. The molecule has 1 atom stereocenters. The van der Waals surface area contributed by atoms with Crippen LogP contribution in [0.5, 0.6) is 0 Å². The molecular formula is C13H22N4. The minimum absolute atomic E-state index is 0.361. The molecule has 94 valence electrons. The van der Waals surface area contributed by atoms with E-state index in [0.717, 1.165) is 37.0 Å². The lowest BCUT2D eigenvalue weighted by molar-refractivity contribution is 0.559. The molecule has 4 nitrogen and oxygen atoms in total. The Bertz CT molecular complexity index is 420. The Morgan fingerprint density at radius 1 is 1.41 bits per heavy atom. The number of rotatable bonds is 6. The van der Waals surface area contributed by atoms with Gasteiger partial charge in [-0.1, -0.05) is 27.2 Å². The fourth-order valence-electron chi connectivity index (χ4n) is 1.82. The Morgan fingerprint density at radius 3 is 2.71 bits per heavy atom. The van der Waals surface area contributed by atoms with Gasteiger partial charge in [-0.05, 0) is 12.8 Å². The summed E-state index contributed by atoms with van der Waals surface area (Å²) in [4.78, 5) is 9.01. The Morgan fingerprint density at radius 2 is 2.18 bits per heavy atom. The molecule has 1 rings (SSSR count). The number of aromatic nitrogens is 2. The molecular weight excluding hydrogens is 212 g/mol. The first-order valence-electron chi connectivity index (χ1n) is 6.34.